The Kier molecular flexibility index (Phi) is 6.11. The number of halogens is 1. The molecule has 5 nitrogen and oxygen atoms in total. The van der Waals surface area contributed by atoms with Crippen molar-refractivity contribution in [2.75, 3.05) is 0 Å². The molecule has 2 N–H and O–H groups in total. The SMILES string of the molecule is Cc1ccc(CC(=O)NNC(=O)[C@H](C)Oc2ccc(F)cc2)cc1C. The van der Waals surface area contributed by atoms with Crippen LogP contribution in [0.25, 0.3) is 0 Å². The van der Waals surface area contributed by atoms with Gasteiger partial charge in [0.15, 0.2) is 6.10 Å². The first-order valence-electron chi connectivity index (χ1n) is 7.92. The van der Waals surface area contributed by atoms with Crippen LogP contribution >= 0.6 is 0 Å². The van der Waals surface area contributed by atoms with Crippen molar-refractivity contribution >= 4 is 11.8 Å². The van der Waals surface area contributed by atoms with Gasteiger partial charge in [0.2, 0.25) is 5.91 Å². The number of carbonyl (C=O) groups excluding carboxylic acids is 2. The lowest BCUT2D eigenvalue weighted by Gasteiger charge is -2.15. The van der Waals surface area contributed by atoms with E-state index in [4.69, 9.17) is 4.74 Å². The van der Waals surface area contributed by atoms with Gasteiger partial charge in [-0.1, -0.05) is 18.2 Å². The van der Waals surface area contributed by atoms with Crippen LogP contribution in [0.15, 0.2) is 42.5 Å². The monoisotopic (exact) mass is 344 g/mol. The molecule has 0 spiro atoms. The van der Waals surface area contributed by atoms with Crippen molar-refractivity contribution in [3.8, 4) is 5.75 Å². The van der Waals surface area contributed by atoms with Crippen LogP contribution in [0.3, 0.4) is 0 Å². The Morgan fingerprint density at radius 1 is 1.04 bits per heavy atom. The maximum atomic E-state index is 12.8. The van der Waals surface area contributed by atoms with Crippen molar-refractivity contribution in [1.29, 1.82) is 0 Å². The Morgan fingerprint density at radius 2 is 1.72 bits per heavy atom. The third-order valence-electron chi connectivity index (χ3n) is 3.76. The number of aryl methyl sites for hydroxylation is 2. The van der Waals surface area contributed by atoms with E-state index in [1.54, 1.807) is 0 Å². The normalized spacial score (nSPS) is 11.5. The number of hydrazine groups is 1. The largest absolute Gasteiger partial charge is 0.481 e. The zero-order valence-corrected chi connectivity index (χ0v) is 14.4. The van der Waals surface area contributed by atoms with Crippen molar-refractivity contribution in [1.82, 2.24) is 10.9 Å². The van der Waals surface area contributed by atoms with E-state index in [2.05, 4.69) is 10.9 Å². The summed E-state index contributed by atoms with van der Waals surface area (Å²) >= 11 is 0. The van der Waals surface area contributed by atoms with Crippen LogP contribution in [0.4, 0.5) is 4.39 Å². The molecule has 0 heterocycles. The summed E-state index contributed by atoms with van der Waals surface area (Å²) in [7, 11) is 0. The van der Waals surface area contributed by atoms with Gasteiger partial charge in [-0.05, 0) is 61.7 Å². The van der Waals surface area contributed by atoms with Crippen LogP contribution in [-0.2, 0) is 16.0 Å². The van der Waals surface area contributed by atoms with Crippen LogP contribution < -0.4 is 15.6 Å². The predicted molar refractivity (Wildman–Crippen MR) is 92.4 cm³/mol. The number of ether oxygens (including phenoxy) is 1. The Balaban J connectivity index is 1.80. The maximum Gasteiger partial charge on any atom is 0.279 e. The first-order valence-corrected chi connectivity index (χ1v) is 7.92. The Bertz CT molecular complexity index is 760. The molecular weight excluding hydrogens is 323 g/mol. The van der Waals surface area contributed by atoms with Crippen LogP contribution in [0.2, 0.25) is 0 Å². The summed E-state index contributed by atoms with van der Waals surface area (Å²) in [6, 6.07) is 11.1. The van der Waals surface area contributed by atoms with E-state index < -0.39 is 12.0 Å². The molecule has 0 saturated carbocycles. The predicted octanol–water partition coefficient (Wildman–Crippen LogP) is 2.60. The lowest BCUT2D eigenvalue weighted by Crippen LogP contribution is -2.47. The second kappa shape index (κ2) is 8.28. The fourth-order valence-electron chi connectivity index (χ4n) is 2.15. The van der Waals surface area contributed by atoms with Crippen molar-refractivity contribution < 1.29 is 18.7 Å². The minimum Gasteiger partial charge on any atom is -0.481 e. The molecule has 6 heteroatoms. The van der Waals surface area contributed by atoms with Crippen LogP contribution in [0.1, 0.15) is 23.6 Å². The number of nitrogens with one attached hydrogen (secondary N) is 2. The van der Waals surface area contributed by atoms with E-state index in [0.717, 1.165) is 16.7 Å². The fourth-order valence-corrected chi connectivity index (χ4v) is 2.15. The Labute approximate surface area is 146 Å². The summed E-state index contributed by atoms with van der Waals surface area (Å²) in [6.45, 7) is 5.52. The summed E-state index contributed by atoms with van der Waals surface area (Å²) < 4.78 is 18.2. The molecule has 0 saturated heterocycles. The molecule has 25 heavy (non-hydrogen) atoms. The molecule has 2 aromatic carbocycles. The van der Waals surface area contributed by atoms with E-state index in [1.165, 1.54) is 31.2 Å². The number of benzene rings is 2. The highest BCUT2D eigenvalue weighted by molar-refractivity contribution is 5.85. The molecule has 2 amide bonds. The van der Waals surface area contributed by atoms with Gasteiger partial charge in [-0.2, -0.15) is 0 Å². The van der Waals surface area contributed by atoms with Crippen LogP contribution in [0, 0.1) is 19.7 Å². The number of hydrogen-bond acceptors (Lipinski definition) is 3. The first-order chi connectivity index (χ1) is 11.8. The zero-order valence-electron chi connectivity index (χ0n) is 14.4. The van der Waals surface area contributed by atoms with E-state index in [-0.39, 0.29) is 18.1 Å². The van der Waals surface area contributed by atoms with Crippen LogP contribution in [0.5, 0.6) is 5.75 Å². The molecule has 0 aromatic heterocycles. The molecule has 0 aliphatic heterocycles. The lowest BCUT2D eigenvalue weighted by molar-refractivity contribution is -0.132. The molecule has 0 aliphatic carbocycles. The van der Waals surface area contributed by atoms with Gasteiger partial charge in [-0.15, -0.1) is 0 Å². The summed E-state index contributed by atoms with van der Waals surface area (Å²) in [5, 5.41) is 0. The average molecular weight is 344 g/mol. The van der Waals surface area contributed by atoms with Crippen molar-refractivity contribution in [3.63, 3.8) is 0 Å². The topological polar surface area (TPSA) is 67.4 Å². The molecule has 0 bridgehead atoms. The number of rotatable bonds is 5. The molecule has 0 unspecified atom stereocenters. The molecule has 1 atom stereocenters. The molecule has 2 rings (SSSR count). The van der Waals surface area contributed by atoms with Crippen molar-refractivity contribution in [2.45, 2.75) is 33.3 Å². The van der Waals surface area contributed by atoms with Gasteiger partial charge in [-0.25, -0.2) is 4.39 Å². The highest BCUT2D eigenvalue weighted by atomic mass is 19.1. The smallest absolute Gasteiger partial charge is 0.279 e. The standard InChI is InChI=1S/C19H21FN2O3/c1-12-4-5-15(10-13(12)2)11-18(23)21-22-19(24)14(3)25-17-8-6-16(20)7-9-17/h4-10,14H,11H2,1-3H3,(H,21,23)(H,22,24)/t14-/m0/s1. The van der Waals surface area contributed by atoms with Crippen LogP contribution in [-0.4, -0.2) is 17.9 Å². The fraction of sp³-hybridized carbons (Fsp3) is 0.263. The van der Waals surface area contributed by atoms with Gasteiger partial charge < -0.3 is 4.74 Å². The minimum atomic E-state index is -0.840. The molecular formula is C19H21FN2O3. The summed E-state index contributed by atoms with van der Waals surface area (Å²) in [5.74, 6) is -0.850. The zero-order chi connectivity index (χ0) is 18.4. The maximum absolute atomic E-state index is 12.8. The Hall–Kier alpha value is -2.89. The second-order valence-electron chi connectivity index (χ2n) is 5.85. The third kappa shape index (κ3) is 5.60. The Morgan fingerprint density at radius 3 is 2.36 bits per heavy atom. The van der Waals surface area contributed by atoms with E-state index in [9.17, 15) is 14.0 Å². The minimum absolute atomic E-state index is 0.161. The van der Waals surface area contributed by atoms with E-state index >= 15 is 0 Å². The van der Waals surface area contributed by atoms with Gasteiger partial charge in [0.1, 0.15) is 11.6 Å². The molecule has 132 valence electrons. The van der Waals surface area contributed by atoms with E-state index in [0.29, 0.717) is 5.75 Å². The summed E-state index contributed by atoms with van der Waals surface area (Å²) in [4.78, 5) is 23.9. The molecule has 0 radical (unpaired) electrons. The lowest BCUT2D eigenvalue weighted by atomic mass is 10.0. The quantitative estimate of drug-likeness (QED) is 0.820. The van der Waals surface area contributed by atoms with Gasteiger partial charge in [0.05, 0.1) is 6.42 Å². The second-order valence-corrected chi connectivity index (χ2v) is 5.85. The highest BCUT2D eigenvalue weighted by Gasteiger charge is 2.15. The molecule has 2 aromatic rings. The third-order valence-corrected chi connectivity index (χ3v) is 3.76. The van der Waals surface area contributed by atoms with Gasteiger partial charge in [0.25, 0.3) is 5.91 Å². The van der Waals surface area contributed by atoms with Gasteiger partial charge >= 0.3 is 0 Å². The number of carbonyl (C=O) groups is 2. The number of amides is 2. The number of hydrogen-bond donors (Lipinski definition) is 2. The summed E-state index contributed by atoms with van der Waals surface area (Å²) in [5.41, 5.74) is 7.81. The first kappa shape index (κ1) is 18.4. The summed E-state index contributed by atoms with van der Waals surface area (Å²) in [6.07, 6.45) is -0.679. The average Bonchev–Trinajstić information content (AvgIpc) is 2.58. The highest BCUT2D eigenvalue weighted by Crippen LogP contribution is 2.13. The van der Waals surface area contributed by atoms with E-state index in [1.807, 2.05) is 32.0 Å². The van der Waals surface area contributed by atoms with Crippen molar-refractivity contribution in [3.05, 3.63) is 65.0 Å². The molecule has 0 aliphatic rings. The van der Waals surface area contributed by atoms with Gasteiger partial charge in [0, 0.05) is 0 Å². The van der Waals surface area contributed by atoms with Crippen molar-refractivity contribution in [2.24, 2.45) is 0 Å². The van der Waals surface area contributed by atoms with Gasteiger partial charge in [-0.3, -0.25) is 20.4 Å². The molecule has 0 fully saturated rings.